The minimum Gasteiger partial charge on any atom is -0.345 e. The van der Waals surface area contributed by atoms with E-state index in [9.17, 15) is 14.0 Å². The lowest BCUT2D eigenvalue weighted by Gasteiger charge is -2.43. The molecule has 3 rings (SSSR count). The van der Waals surface area contributed by atoms with Crippen molar-refractivity contribution in [1.82, 2.24) is 10.3 Å². The largest absolute Gasteiger partial charge is 0.345 e. The fourth-order valence-corrected chi connectivity index (χ4v) is 4.76. The maximum absolute atomic E-state index is 13.3. The summed E-state index contributed by atoms with van der Waals surface area (Å²) in [5.41, 5.74) is 0.995. The number of H-pyrrole nitrogens is 1. The van der Waals surface area contributed by atoms with E-state index in [2.05, 4.69) is 27.3 Å². The van der Waals surface area contributed by atoms with Crippen molar-refractivity contribution in [3.63, 3.8) is 0 Å². The minimum absolute atomic E-state index is 0.0363. The smallest absolute Gasteiger partial charge is 0.313 e. The van der Waals surface area contributed by atoms with Gasteiger partial charge in [-0.15, -0.1) is 0 Å². The summed E-state index contributed by atoms with van der Waals surface area (Å²) < 4.78 is 13.3. The van der Waals surface area contributed by atoms with Crippen LogP contribution in [0.4, 0.5) is 15.9 Å². The average molecular weight is 388 g/mol. The predicted molar refractivity (Wildman–Crippen MR) is 109 cm³/mol. The first kappa shape index (κ1) is 20.3. The zero-order chi connectivity index (χ0) is 20.1. The Hall–Kier alpha value is -2.44. The van der Waals surface area contributed by atoms with Crippen molar-refractivity contribution in [2.45, 2.75) is 70.8 Å². The maximum atomic E-state index is 13.3. The van der Waals surface area contributed by atoms with Crippen molar-refractivity contribution >= 4 is 36.1 Å². The molecule has 28 heavy (non-hydrogen) atoms. The second-order valence-corrected chi connectivity index (χ2v) is 8.14. The van der Waals surface area contributed by atoms with Crippen LogP contribution in [0, 0.1) is 5.41 Å². The summed E-state index contributed by atoms with van der Waals surface area (Å²) in [5, 5.41) is 5.45. The molecule has 0 radical (unpaired) electrons. The number of amides is 2. The first-order valence-corrected chi connectivity index (χ1v) is 10.1. The van der Waals surface area contributed by atoms with Crippen molar-refractivity contribution in [3.05, 3.63) is 17.6 Å². The van der Waals surface area contributed by atoms with E-state index in [0.29, 0.717) is 22.5 Å². The summed E-state index contributed by atoms with van der Waals surface area (Å²) >= 11 is 0. The number of nitrogens with one attached hydrogen (secondary N) is 3. The molecule has 0 aromatic carbocycles. The van der Waals surface area contributed by atoms with E-state index in [1.54, 1.807) is 0 Å². The van der Waals surface area contributed by atoms with Crippen LogP contribution in [-0.4, -0.2) is 29.6 Å². The number of hydrogen-bond acceptors (Lipinski definition) is 3. The van der Waals surface area contributed by atoms with Crippen LogP contribution >= 0.6 is 0 Å². The fourth-order valence-electron chi connectivity index (χ4n) is 4.76. The third-order valence-corrected chi connectivity index (χ3v) is 6.04. The average Bonchev–Trinajstić information content (AvgIpc) is 3.03. The number of allylic oxidation sites excluding steroid dienone is 1. The summed E-state index contributed by atoms with van der Waals surface area (Å²) in [4.78, 5) is 31.4. The highest BCUT2D eigenvalue weighted by Crippen LogP contribution is 2.47. The molecule has 2 saturated carbocycles. The fraction of sp³-hybridized carbons (Fsp3) is 0.571. The van der Waals surface area contributed by atoms with Crippen LogP contribution in [0.5, 0.6) is 0 Å². The number of nitrogens with zero attached hydrogens (tertiary/aromatic N) is 1. The van der Waals surface area contributed by atoms with Gasteiger partial charge in [0.25, 0.3) is 0 Å². The predicted octanol–water partition coefficient (Wildman–Crippen LogP) is 4.62. The quantitative estimate of drug-likeness (QED) is 0.519. The number of halogens is 1. The van der Waals surface area contributed by atoms with E-state index in [4.69, 9.17) is 0 Å². The summed E-state index contributed by atoms with van der Waals surface area (Å²) in [6.45, 7) is 4.71. The summed E-state index contributed by atoms with van der Waals surface area (Å²) in [6.07, 6.45) is 13.2. The number of carbonyl (C=O) groups is 2. The molecule has 1 atom stereocenters. The second-order valence-electron chi connectivity index (χ2n) is 8.14. The highest BCUT2D eigenvalue weighted by molar-refractivity contribution is 6.39. The number of rotatable bonds is 4. The number of aliphatic imine (C=N–C) groups is 1. The van der Waals surface area contributed by atoms with Gasteiger partial charge in [0.05, 0.1) is 11.5 Å². The highest BCUT2D eigenvalue weighted by atomic mass is 19.1. The van der Waals surface area contributed by atoms with E-state index < -0.39 is 17.6 Å². The Labute approximate surface area is 165 Å². The molecule has 1 heterocycles. The molecule has 2 fully saturated rings. The Morgan fingerprint density at radius 2 is 1.96 bits per heavy atom. The molecule has 2 amide bonds. The Balaban J connectivity index is 1.62. The van der Waals surface area contributed by atoms with Crippen LogP contribution in [0.1, 0.15) is 70.3 Å². The third kappa shape index (κ3) is 4.69. The van der Waals surface area contributed by atoms with E-state index in [-0.39, 0.29) is 6.04 Å². The molecule has 6 nitrogen and oxygen atoms in total. The van der Waals surface area contributed by atoms with Crippen LogP contribution < -0.4 is 10.6 Å². The number of anilines is 1. The molecule has 7 heteroatoms. The number of hydrogen-bond donors (Lipinski definition) is 3. The molecule has 2 aliphatic rings. The number of aromatic amines is 1. The lowest BCUT2D eigenvalue weighted by Crippen LogP contribution is -2.46. The van der Waals surface area contributed by atoms with Gasteiger partial charge in [0.15, 0.2) is 0 Å². The normalized spacial score (nSPS) is 21.9. The molecular formula is C21H29FN4O2. The van der Waals surface area contributed by atoms with E-state index in [1.165, 1.54) is 57.7 Å². The second kappa shape index (κ2) is 8.71. The van der Waals surface area contributed by atoms with E-state index >= 15 is 0 Å². The van der Waals surface area contributed by atoms with Crippen LogP contribution in [-0.2, 0) is 9.59 Å². The van der Waals surface area contributed by atoms with E-state index in [1.807, 2.05) is 0 Å². The van der Waals surface area contributed by atoms with Gasteiger partial charge in [-0.05, 0) is 57.2 Å². The lowest BCUT2D eigenvalue weighted by atomic mass is 9.64. The maximum Gasteiger partial charge on any atom is 0.313 e. The van der Waals surface area contributed by atoms with Crippen LogP contribution in [0.3, 0.4) is 0 Å². The van der Waals surface area contributed by atoms with Gasteiger partial charge in [0.2, 0.25) is 0 Å². The van der Waals surface area contributed by atoms with Crippen LogP contribution in [0.15, 0.2) is 17.0 Å². The molecular weight excluding hydrogens is 359 g/mol. The van der Waals surface area contributed by atoms with Crippen molar-refractivity contribution < 1.29 is 14.0 Å². The third-order valence-electron chi connectivity index (χ3n) is 6.04. The van der Waals surface area contributed by atoms with Gasteiger partial charge < -0.3 is 15.6 Å². The van der Waals surface area contributed by atoms with Crippen LogP contribution in [0.2, 0.25) is 0 Å². The standard InChI is InChI=1S/C21H29FN4O2/c1-14(22)11-16-17(13-24-18(16)23-2)26-20(28)19(27)25-15-7-6-10-21(12-15)8-4-3-5-9-21/h11,13,15,24H,2-10,12H2,1H3,(H,25,27)(H,26,28)/b14-11+. The topological polar surface area (TPSA) is 86.3 Å². The summed E-state index contributed by atoms with van der Waals surface area (Å²) in [6, 6.07) is 0.0363. The number of carbonyl (C=O) groups excluding carboxylic acids is 2. The van der Waals surface area contributed by atoms with Crippen molar-refractivity contribution in [2.24, 2.45) is 10.4 Å². The molecule has 0 aliphatic heterocycles. The molecule has 152 valence electrons. The van der Waals surface area contributed by atoms with Gasteiger partial charge in [-0.3, -0.25) is 9.59 Å². The van der Waals surface area contributed by atoms with Crippen molar-refractivity contribution in [3.8, 4) is 0 Å². The SMILES string of the molecule is C=Nc1[nH]cc(NC(=O)C(=O)NC2CCCC3(CCCCC3)C2)c1/C=C(\C)F. The minimum atomic E-state index is -0.760. The molecule has 0 bridgehead atoms. The van der Waals surface area contributed by atoms with E-state index in [0.717, 1.165) is 19.3 Å². The van der Waals surface area contributed by atoms with Crippen molar-refractivity contribution in [2.75, 3.05) is 5.32 Å². The molecule has 1 unspecified atom stereocenters. The number of aromatic nitrogens is 1. The molecule has 1 spiro atoms. The van der Waals surface area contributed by atoms with Gasteiger partial charge in [0, 0.05) is 17.8 Å². The zero-order valence-electron chi connectivity index (χ0n) is 16.4. The molecule has 1 aromatic rings. The van der Waals surface area contributed by atoms with Gasteiger partial charge >= 0.3 is 11.8 Å². The van der Waals surface area contributed by atoms with Crippen LogP contribution in [0.25, 0.3) is 6.08 Å². The Bertz CT molecular complexity index is 768. The molecule has 0 saturated heterocycles. The summed E-state index contributed by atoms with van der Waals surface area (Å²) in [7, 11) is 0. The lowest BCUT2D eigenvalue weighted by molar-refractivity contribution is -0.137. The van der Waals surface area contributed by atoms with Gasteiger partial charge in [-0.1, -0.05) is 25.7 Å². The van der Waals surface area contributed by atoms with Crippen molar-refractivity contribution in [1.29, 1.82) is 0 Å². The highest BCUT2D eigenvalue weighted by Gasteiger charge is 2.38. The van der Waals surface area contributed by atoms with Gasteiger partial charge in [-0.25, -0.2) is 9.38 Å². The first-order chi connectivity index (χ1) is 13.4. The van der Waals surface area contributed by atoms with Gasteiger partial charge in [-0.2, -0.15) is 0 Å². The molecule has 3 N–H and O–H groups in total. The first-order valence-electron chi connectivity index (χ1n) is 10.1. The molecule has 2 aliphatic carbocycles. The molecule has 1 aromatic heterocycles. The van der Waals surface area contributed by atoms with Gasteiger partial charge in [0.1, 0.15) is 5.82 Å². The Kier molecular flexibility index (Phi) is 6.31. The zero-order valence-corrected chi connectivity index (χ0v) is 16.4. The Morgan fingerprint density at radius 1 is 1.25 bits per heavy atom. The summed E-state index contributed by atoms with van der Waals surface area (Å²) in [5.74, 6) is -1.52. The monoisotopic (exact) mass is 388 g/mol. The Morgan fingerprint density at radius 3 is 2.64 bits per heavy atom.